The number of alkyl carbamates (subject to hydrolysis) is 1. The van der Waals surface area contributed by atoms with E-state index in [9.17, 15) is 28.8 Å². The van der Waals surface area contributed by atoms with Crippen molar-refractivity contribution in [3.63, 3.8) is 0 Å². The lowest BCUT2D eigenvalue weighted by Crippen LogP contribution is -2.55. The van der Waals surface area contributed by atoms with E-state index in [0.717, 1.165) is 22.3 Å². The van der Waals surface area contributed by atoms with Crippen molar-refractivity contribution >= 4 is 41.6 Å². The van der Waals surface area contributed by atoms with Gasteiger partial charge in [-0.05, 0) is 58.7 Å². The minimum Gasteiger partial charge on any atom is -0.447 e. The van der Waals surface area contributed by atoms with Crippen LogP contribution in [0.2, 0.25) is 0 Å². The Balaban J connectivity index is 1.28. The molecule has 0 bridgehead atoms. The molecule has 0 radical (unpaired) electrons. The number of fused-ring (bicyclic) bond motifs is 3. The summed E-state index contributed by atoms with van der Waals surface area (Å²) >= 11 is 0. The van der Waals surface area contributed by atoms with Crippen LogP contribution >= 0.6 is 0 Å². The van der Waals surface area contributed by atoms with E-state index in [2.05, 4.69) is 32.1 Å². The number of hydrogen-bond donors (Lipinski definition) is 7. The highest BCUT2D eigenvalue weighted by Gasteiger charge is 2.30. The minimum absolute atomic E-state index is 0.0261. The molecule has 2 atom stereocenters. The second kappa shape index (κ2) is 19.4. The van der Waals surface area contributed by atoms with Crippen LogP contribution in [0.15, 0.2) is 72.8 Å². The Morgan fingerprint density at radius 1 is 0.792 bits per heavy atom. The summed E-state index contributed by atoms with van der Waals surface area (Å²) in [5.74, 6) is -2.45. The lowest BCUT2D eigenvalue weighted by Gasteiger charge is -2.25. The van der Waals surface area contributed by atoms with Gasteiger partial charge in [-0.1, -0.05) is 74.5 Å². The average molecular weight is 732 g/mol. The van der Waals surface area contributed by atoms with Crippen molar-refractivity contribution in [2.45, 2.75) is 51.3 Å². The van der Waals surface area contributed by atoms with Gasteiger partial charge in [0, 0.05) is 25.2 Å². The van der Waals surface area contributed by atoms with Crippen molar-refractivity contribution in [2.24, 2.45) is 11.7 Å². The van der Waals surface area contributed by atoms with Gasteiger partial charge in [-0.3, -0.25) is 19.2 Å². The number of carbonyl (C=O) groups is 6. The third-order valence-corrected chi connectivity index (χ3v) is 8.37. The summed E-state index contributed by atoms with van der Waals surface area (Å²) in [5.41, 5.74) is 12.6. The first-order valence-corrected chi connectivity index (χ1v) is 17.1. The third-order valence-electron chi connectivity index (χ3n) is 8.37. The van der Waals surface area contributed by atoms with E-state index in [1.807, 2.05) is 48.5 Å². The van der Waals surface area contributed by atoms with Crippen LogP contribution < -0.4 is 37.8 Å². The number of ether oxygens (including phenoxy) is 2. The van der Waals surface area contributed by atoms with E-state index in [-0.39, 0.29) is 32.1 Å². The van der Waals surface area contributed by atoms with Crippen LogP contribution in [0.1, 0.15) is 49.3 Å². The zero-order valence-electron chi connectivity index (χ0n) is 29.7. The summed E-state index contributed by atoms with van der Waals surface area (Å²) in [6, 6.07) is 19.5. The van der Waals surface area contributed by atoms with Crippen LogP contribution in [-0.4, -0.2) is 74.8 Å². The fraction of sp³-hybridized carbons (Fsp3) is 0.351. The predicted molar refractivity (Wildman–Crippen MR) is 194 cm³/mol. The maximum atomic E-state index is 13.4. The maximum Gasteiger partial charge on any atom is 0.431 e. The van der Waals surface area contributed by atoms with Crippen LogP contribution in [0.5, 0.6) is 0 Å². The number of nitrogens with two attached hydrogens (primary N) is 1. The predicted octanol–water partition coefficient (Wildman–Crippen LogP) is 3.03. The van der Waals surface area contributed by atoms with Crippen LogP contribution in [0.25, 0.3) is 11.1 Å². The molecule has 16 heteroatoms. The van der Waals surface area contributed by atoms with Gasteiger partial charge in [-0.2, -0.15) is 5.48 Å². The summed E-state index contributed by atoms with van der Waals surface area (Å²) in [4.78, 5) is 79.5. The summed E-state index contributed by atoms with van der Waals surface area (Å²) in [7, 11) is 1.45. The fourth-order valence-corrected chi connectivity index (χ4v) is 5.72. The summed E-state index contributed by atoms with van der Waals surface area (Å²) < 4.78 is 10.4. The van der Waals surface area contributed by atoms with Gasteiger partial charge in [0.15, 0.2) is 6.61 Å². The minimum atomic E-state index is -1.07. The topological polar surface area (TPSA) is 228 Å². The molecular weight excluding hydrogens is 686 g/mol. The van der Waals surface area contributed by atoms with Crippen molar-refractivity contribution in [3.05, 3.63) is 89.5 Å². The molecule has 53 heavy (non-hydrogen) atoms. The summed E-state index contributed by atoms with van der Waals surface area (Å²) in [5, 5.41) is 12.8. The van der Waals surface area contributed by atoms with Crippen LogP contribution in [0.4, 0.5) is 20.1 Å². The maximum absolute atomic E-state index is 13.4. The van der Waals surface area contributed by atoms with Gasteiger partial charge in [0.25, 0.3) is 0 Å². The number of amides is 7. The normalized spacial score (nSPS) is 12.7. The number of primary amides is 1. The summed E-state index contributed by atoms with van der Waals surface area (Å²) in [6.07, 6.45) is -1.04. The second-order valence-electron chi connectivity index (χ2n) is 12.5. The molecule has 0 fully saturated rings. The van der Waals surface area contributed by atoms with Crippen molar-refractivity contribution in [1.82, 2.24) is 26.7 Å². The molecule has 0 aromatic heterocycles. The van der Waals surface area contributed by atoms with Gasteiger partial charge in [-0.25, -0.2) is 14.4 Å². The van der Waals surface area contributed by atoms with E-state index in [0.29, 0.717) is 17.7 Å². The number of hydrogen-bond acceptors (Lipinski definition) is 9. The zero-order chi connectivity index (χ0) is 38.3. The van der Waals surface area contributed by atoms with Gasteiger partial charge in [0.05, 0.1) is 0 Å². The highest BCUT2D eigenvalue weighted by atomic mass is 16.7. The molecule has 0 spiro atoms. The molecule has 0 aliphatic heterocycles. The van der Waals surface area contributed by atoms with Gasteiger partial charge in [0.1, 0.15) is 25.3 Å². The number of anilines is 1. The quantitative estimate of drug-likeness (QED) is 0.0799. The third kappa shape index (κ3) is 11.7. The van der Waals surface area contributed by atoms with Crippen molar-refractivity contribution in [2.75, 3.05) is 32.1 Å². The van der Waals surface area contributed by atoms with Crippen molar-refractivity contribution < 1.29 is 43.1 Å². The van der Waals surface area contributed by atoms with Gasteiger partial charge in [0.2, 0.25) is 17.7 Å². The molecule has 4 rings (SSSR count). The molecule has 0 saturated carbocycles. The fourth-order valence-electron chi connectivity index (χ4n) is 5.72. The molecule has 7 amide bonds. The SMILES string of the molecule is CNC(=O)OCc1ccc(NC(=O)[C@H](CCCNC(N)=O)NC(=O)[C@@H](NC(=O)CONC(=O)OCC2c3ccccc3-c3ccccc32)C(C)C)cc1. The second-order valence-corrected chi connectivity index (χ2v) is 12.5. The van der Waals surface area contributed by atoms with Gasteiger partial charge >= 0.3 is 18.2 Å². The number of rotatable bonds is 17. The van der Waals surface area contributed by atoms with Crippen LogP contribution in [-0.2, 0) is 35.3 Å². The molecule has 3 aromatic carbocycles. The highest BCUT2D eigenvalue weighted by molar-refractivity contribution is 5.98. The molecule has 1 aliphatic rings. The molecule has 1 aliphatic carbocycles. The summed E-state index contributed by atoms with van der Waals surface area (Å²) in [6.45, 7) is 3.04. The van der Waals surface area contributed by atoms with E-state index >= 15 is 0 Å². The first-order valence-electron chi connectivity index (χ1n) is 17.1. The lowest BCUT2D eigenvalue weighted by atomic mass is 9.98. The van der Waals surface area contributed by atoms with E-state index in [1.165, 1.54) is 7.05 Å². The molecule has 8 N–H and O–H groups in total. The number of benzene rings is 3. The Labute approximate surface area is 306 Å². The molecule has 0 saturated heterocycles. The molecule has 0 unspecified atom stereocenters. The largest absolute Gasteiger partial charge is 0.447 e. The number of urea groups is 1. The Morgan fingerprint density at radius 2 is 1.43 bits per heavy atom. The highest BCUT2D eigenvalue weighted by Crippen LogP contribution is 2.44. The standard InChI is InChI=1S/C37H45N7O9/c1-22(2)32(43-31(45)21-53-44-37(50)52-20-29-27-11-6-4-9-25(27)26-10-5-7-12-28(26)29)34(47)42-30(13-8-18-40-35(38)48)33(46)41-24-16-14-23(15-17-24)19-51-36(49)39-3/h4-7,9-12,14-17,22,29-30,32H,8,13,18-21H2,1-3H3,(H,39,49)(H,41,46)(H,42,47)(H,43,45)(H,44,50)(H3,38,40,48)/t30-,32-/m0/s1. The van der Waals surface area contributed by atoms with Crippen LogP contribution in [0, 0.1) is 5.92 Å². The van der Waals surface area contributed by atoms with Crippen LogP contribution in [0.3, 0.4) is 0 Å². The van der Waals surface area contributed by atoms with E-state index in [4.69, 9.17) is 20.0 Å². The molecule has 0 heterocycles. The lowest BCUT2D eigenvalue weighted by molar-refractivity contribution is -0.134. The first-order chi connectivity index (χ1) is 25.5. The molecule has 282 valence electrons. The van der Waals surface area contributed by atoms with E-state index in [1.54, 1.807) is 38.1 Å². The number of hydroxylamine groups is 1. The number of nitrogens with one attached hydrogen (secondary N) is 6. The Morgan fingerprint density at radius 3 is 2.04 bits per heavy atom. The first kappa shape index (κ1) is 39.6. The van der Waals surface area contributed by atoms with Gasteiger partial charge < -0.3 is 41.8 Å². The zero-order valence-corrected chi connectivity index (χ0v) is 29.7. The molecule has 16 nitrogen and oxygen atoms in total. The number of carbonyl (C=O) groups excluding carboxylic acids is 6. The van der Waals surface area contributed by atoms with E-state index < -0.39 is 60.5 Å². The monoisotopic (exact) mass is 731 g/mol. The Bertz CT molecular complexity index is 1720. The molecule has 3 aromatic rings. The van der Waals surface area contributed by atoms with Gasteiger partial charge in [-0.15, -0.1) is 0 Å². The average Bonchev–Trinajstić information content (AvgIpc) is 3.46. The Kier molecular flexibility index (Phi) is 14.5. The van der Waals surface area contributed by atoms with Crippen molar-refractivity contribution in [3.8, 4) is 11.1 Å². The van der Waals surface area contributed by atoms with Crippen molar-refractivity contribution in [1.29, 1.82) is 0 Å². The Hall–Kier alpha value is -6.16. The molecular formula is C37H45N7O9. The smallest absolute Gasteiger partial charge is 0.431 e.